The number of anilines is 1. The molecule has 7 nitrogen and oxygen atoms in total. The summed E-state index contributed by atoms with van der Waals surface area (Å²) in [6.45, 7) is 0. The van der Waals surface area contributed by atoms with Crippen molar-refractivity contribution in [3.8, 4) is 23.0 Å². The van der Waals surface area contributed by atoms with Crippen LogP contribution >= 0.6 is 27.3 Å². The second kappa shape index (κ2) is 9.28. The molecule has 3 aromatic carbocycles. The van der Waals surface area contributed by atoms with Gasteiger partial charge in [0.1, 0.15) is 11.5 Å². The molecule has 0 bridgehead atoms. The summed E-state index contributed by atoms with van der Waals surface area (Å²) in [5, 5.41) is 5.86. The first kappa shape index (κ1) is 22.1. The fourth-order valence-corrected chi connectivity index (χ4v) is 4.76. The molecule has 2 heterocycles. The van der Waals surface area contributed by atoms with Gasteiger partial charge in [0.15, 0.2) is 16.6 Å². The van der Waals surface area contributed by atoms with Crippen molar-refractivity contribution in [3.63, 3.8) is 0 Å². The lowest BCUT2D eigenvalue weighted by molar-refractivity contribution is 0.102. The Hall–Kier alpha value is -3.69. The largest absolute Gasteiger partial charge is 0.493 e. The first-order valence-corrected chi connectivity index (χ1v) is 11.8. The molecule has 9 heteroatoms. The fourth-order valence-electron chi connectivity index (χ4n) is 3.66. The molecular weight excluding hydrogens is 518 g/mol. The zero-order chi connectivity index (χ0) is 23.7. The molecule has 0 aliphatic rings. The molecule has 0 radical (unpaired) electrons. The number of fused-ring (bicyclic) bond motifs is 2. The molecule has 0 aliphatic carbocycles. The third-order valence-electron chi connectivity index (χ3n) is 5.23. The standard InChI is InChI=1S/C25H18BrN3O4S/c1-31-21-11-18-19(12-22(21)32-2)27-9-8-20(18)33-15-6-7-16-14(10-15)4-3-5-17(16)24(30)29-25-28-13-23(26)34-25/h3-13H,1-2H3,(H,28,29,30). The van der Waals surface area contributed by atoms with Gasteiger partial charge in [-0.15, -0.1) is 0 Å². The number of ether oxygens (including phenoxy) is 3. The molecule has 2 aromatic heterocycles. The highest BCUT2D eigenvalue weighted by Gasteiger charge is 2.14. The van der Waals surface area contributed by atoms with Gasteiger partial charge < -0.3 is 14.2 Å². The lowest BCUT2D eigenvalue weighted by Gasteiger charge is -2.13. The number of hydrogen-bond donors (Lipinski definition) is 1. The van der Waals surface area contributed by atoms with Crippen LogP contribution in [0.3, 0.4) is 0 Å². The molecule has 1 N–H and O–H groups in total. The monoisotopic (exact) mass is 535 g/mol. The van der Waals surface area contributed by atoms with Gasteiger partial charge in [-0.1, -0.05) is 23.5 Å². The van der Waals surface area contributed by atoms with Crippen LogP contribution in [0, 0.1) is 0 Å². The number of halogens is 1. The van der Waals surface area contributed by atoms with E-state index in [1.807, 2.05) is 42.5 Å². The highest BCUT2D eigenvalue weighted by molar-refractivity contribution is 9.11. The van der Waals surface area contributed by atoms with Crippen LogP contribution < -0.4 is 19.5 Å². The number of hydrogen-bond acceptors (Lipinski definition) is 7. The molecule has 170 valence electrons. The summed E-state index contributed by atoms with van der Waals surface area (Å²) >= 11 is 4.71. The number of pyridine rings is 1. The molecule has 0 unspecified atom stereocenters. The number of benzene rings is 3. The Bertz CT molecular complexity index is 1540. The normalized spacial score (nSPS) is 10.9. The average molecular weight is 536 g/mol. The van der Waals surface area contributed by atoms with Crippen LogP contribution in [-0.2, 0) is 0 Å². The van der Waals surface area contributed by atoms with Gasteiger partial charge >= 0.3 is 0 Å². The number of nitrogens with one attached hydrogen (secondary N) is 1. The van der Waals surface area contributed by atoms with Crippen molar-refractivity contribution in [1.82, 2.24) is 9.97 Å². The van der Waals surface area contributed by atoms with Crippen molar-refractivity contribution in [2.75, 3.05) is 19.5 Å². The van der Waals surface area contributed by atoms with E-state index in [-0.39, 0.29) is 5.91 Å². The van der Waals surface area contributed by atoms with Gasteiger partial charge in [0, 0.05) is 23.2 Å². The van der Waals surface area contributed by atoms with Crippen LogP contribution in [0.15, 0.2) is 70.8 Å². The van der Waals surface area contributed by atoms with Crippen molar-refractivity contribution >= 4 is 60.0 Å². The molecule has 0 fully saturated rings. The fraction of sp³-hybridized carbons (Fsp3) is 0.0800. The minimum Gasteiger partial charge on any atom is -0.493 e. The maximum atomic E-state index is 12.9. The molecule has 5 rings (SSSR count). The molecule has 1 amide bonds. The molecule has 0 saturated carbocycles. The highest BCUT2D eigenvalue weighted by atomic mass is 79.9. The van der Waals surface area contributed by atoms with Crippen LogP contribution in [0.2, 0.25) is 0 Å². The summed E-state index contributed by atoms with van der Waals surface area (Å²) in [6, 6.07) is 16.7. The lowest BCUT2D eigenvalue weighted by Crippen LogP contribution is -2.12. The van der Waals surface area contributed by atoms with Crippen LogP contribution in [-0.4, -0.2) is 30.1 Å². The number of carbonyl (C=O) groups excluding carboxylic acids is 1. The maximum absolute atomic E-state index is 12.9. The van der Waals surface area contributed by atoms with Gasteiger partial charge in [-0.25, -0.2) is 4.98 Å². The quantitative estimate of drug-likeness (QED) is 0.261. The Morgan fingerprint density at radius 2 is 1.76 bits per heavy atom. The van der Waals surface area contributed by atoms with Crippen molar-refractivity contribution in [2.45, 2.75) is 0 Å². The second-order valence-corrected chi connectivity index (χ2v) is 9.66. The second-order valence-electron chi connectivity index (χ2n) is 7.25. The Morgan fingerprint density at radius 3 is 2.53 bits per heavy atom. The van der Waals surface area contributed by atoms with Gasteiger partial charge in [-0.3, -0.25) is 15.1 Å². The summed E-state index contributed by atoms with van der Waals surface area (Å²) < 4.78 is 17.9. The van der Waals surface area contributed by atoms with Crippen LogP contribution in [0.5, 0.6) is 23.0 Å². The zero-order valence-corrected chi connectivity index (χ0v) is 20.6. The summed E-state index contributed by atoms with van der Waals surface area (Å²) in [7, 11) is 3.18. The Kier molecular flexibility index (Phi) is 6.04. The van der Waals surface area contributed by atoms with Gasteiger partial charge in [0.2, 0.25) is 0 Å². The number of rotatable bonds is 6. The number of amides is 1. The minimum atomic E-state index is -0.220. The minimum absolute atomic E-state index is 0.220. The van der Waals surface area contributed by atoms with Gasteiger partial charge in [0.25, 0.3) is 5.91 Å². The molecule has 34 heavy (non-hydrogen) atoms. The first-order chi connectivity index (χ1) is 16.6. The number of aromatic nitrogens is 2. The summed E-state index contributed by atoms with van der Waals surface area (Å²) in [6.07, 6.45) is 3.34. The van der Waals surface area contributed by atoms with E-state index in [9.17, 15) is 4.79 Å². The number of carbonyl (C=O) groups is 1. The number of methoxy groups -OCH3 is 2. The molecule has 0 saturated heterocycles. The Labute approximate surface area is 207 Å². The van der Waals surface area contributed by atoms with Gasteiger partial charge in [-0.2, -0.15) is 0 Å². The van der Waals surface area contributed by atoms with Crippen molar-refractivity contribution in [3.05, 3.63) is 76.3 Å². The Balaban J connectivity index is 1.48. The van der Waals surface area contributed by atoms with E-state index in [2.05, 4.69) is 31.2 Å². The SMILES string of the molecule is COc1cc2nccc(Oc3ccc4c(C(=O)Nc5ncc(Br)s5)cccc4c3)c2cc1OC. The average Bonchev–Trinajstić information content (AvgIpc) is 3.27. The topological polar surface area (TPSA) is 82.6 Å². The molecular formula is C25H18BrN3O4S. The van der Waals surface area contributed by atoms with Crippen LogP contribution in [0.4, 0.5) is 5.13 Å². The predicted molar refractivity (Wildman–Crippen MR) is 137 cm³/mol. The van der Waals surface area contributed by atoms with Crippen molar-refractivity contribution in [2.24, 2.45) is 0 Å². The molecule has 0 spiro atoms. The van der Waals surface area contributed by atoms with Gasteiger partial charge in [-0.05, 0) is 63.1 Å². The third-order valence-corrected chi connectivity index (χ3v) is 6.62. The van der Waals surface area contributed by atoms with Crippen molar-refractivity contribution in [1.29, 1.82) is 0 Å². The van der Waals surface area contributed by atoms with Crippen LogP contribution in [0.1, 0.15) is 10.4 Å². The van der Waals surface area contributed by atoms with E-state index in [1.165, 1.54) is 11.3 Å². The number of thiazole rings is 1. The maximum Gasteiger partial charge on any atom is 0.258 e. The highest BCUT2D eigenvalue weighted by Crippen LogP contribution is 2.37. The summed E-state index contributed by atoms with van der Waals surface area (Å²) in [5.41, 5.74) is 1.28. The van der Waals surface area contributed by atoms with E-state index in [0.717, 1.165) is 25.5 Å². The predicted octanol–water partition coefficient (Wildman–Crippen LogP) is 6.67. The van der Waals surface area contributed by atoms with E-state index in [4.69, 9.17) is 14.2 Å². The van der Waals surface area contributed by atoms with E-state index < -0.39 is 0 Å². The third kappa shape index (κ3) is 4.27. The first-order valence-electron chi connectivity index (χ1n) is 10.2. The van der Waals surface area contributed by atoms with Crippen molar-refractivity contribution < 1.29 is 19.0 Å². The molecule has 0 aliphatic heterocycles. The molecule has 0 atom stereocenters. The smallest absolute Gasteiger partial charge is 0.258 e. The number of nitrogens with zero attached hydrogens (tertiary/aromatic N) is 2. The zero-order valence-electron chi connectivity index (χ0n) is 18.2. The molecule has 5 aromatic rings. The van der Waals surface area contributed by atoms with E-state index in [0.29, 0.717) is 33.7 Å². The van der Waals surface area contributed by atoms with E-state index >= 15 is 0 Å². The summed E-state index contributed by atoms with van der Waals surface area (Å²) in [5.74, 6) is 2.24. The Morgan fingerprint density at radius 1 is 0.941 bits per heavy atom. The summed E-state index contributed by atoms with van der Waals surface area (Å²) in [4.78, 5) is 21.4. The lowest BCUT2D eigenvalue weighted by atomic mass is 10.0. The van der Waals surface area contributed by atoms with E-state index in [1.54, 1.807) is 38.7 Å². The van der Waals surface area contributed by atoms with Gasteiger partial charge in [0.05, 0.1) is 29.7 Å². The van der Waals surface area contributed by atoms with Crippen LogP contribution in [0.25, 0.3) is 21.7 Å².